The van der Waals surface area contributed by atoms with E-state index in [4.69, 9.17) is 14.6 Å². The number of halogens is 2. The largest absolute Gasteiger partial charge is 0.481 e. The number of hydrogen-bond acceptors (Lipinski definition) is 6. The molecule has 0 bridgehead atoms. The Morgan fingerprint density at radius 1 is 1.22 bits per heavy atom. The van der Waals surface area contributed by atoms with E-state index < -0.39 is 29.6 Å². The van der Waals surface area contributed by atoms with Gasteiger partial charge in [0.2, 0.25) is 5.88 Å². The Balaban J connectivity index is 0.000000943. The van der Waals surface area contributed by atoms with E-state index >= 15 is 4.39 Å². The van der Waals surface area contributed by atoms with E-state index in [0.29, 0.717) is 35.5 Å². The van der Waals surface area contributed by atoms with Gasteiger partial charge in [-0.3, -0.25) is 14.8 Å². The fraction of sp³-hybridized carbons (Fsp3) is 0.407. The number of nitrogens with zero attached hydrogens (tertiary/aromatic N) is 3. The summed E-state index contributed by atoms with van der Waals surface area (Å²) >= 11 is 0. The normalized spacial score (nSPS) is 16.6. The summed E-state index contributed by atoms with van der Waals surface area (Å²) in [4.78, 5) is 23.9. The van der Waals surface area contributed by atoms with Gasteiger partial charge in [0.25, 0.3) is 0 Å². The minimum Gasteiger partial charge on any atom is -0.481 e. The maximum Gasteiger partial charge on any atom is 0.306 e. The zero-order valence-corrected chi connectivity index (χ0v) is 20.6. The fourth-order valence-corrected chi connectivity index (χ4v) is 3.86. The van der Waals surface area contributed by atoms with Crippen LogP contribution in [0.2, 0.25) is 0 Å². The van der Waals surface area contributed by atoms with Crippen molar-refractivity contribution in [3.05, 3.63) is 64.7 Å². The van der Waals surface area contributed by atoms with Crippen molar-refractivity contribution in [3.63, 3.8) is 0 Å². The summed E-state index contributed by atoms with van der Waals surface area (Å²) in [6, 6.07) is 4.85. The zero-order valence-electron chi connectivity index (χ0n) is 20.6. The standard InChI is InChI=1S/C24H23F2N3O4.C3H6/c1-12(24(30)31)8-15-5-4-14-6-7-19(33-23(14)21(15)26)18-11-28-22(13(2)29-18)16-9-20(32-3)27-10-17(16)25;1-2-3-1/h4-5,9-12,19H,6-8H2,1-3H3,(H,30,31);1-3H2. The highest BCUT2D eigenvalue weighted by molar-refractivity contribution is 5.70. The summed E-state index contributed by atoms with van der Waals surface area (Å²) < 4.78 is 40.5. The topological polar surface area (TPSA) is 94.4 Å². The number of methoxy groups -OCH3 is 1. The summed E-state index contributed by atoms with van der Waals surface area (Å²) in [5.41, 5.74) is 2.58. The number of hydrogen-bond donors (Lipinski definition) is 1. The molecule has 0 spiro atoms. The van der Waals surface area contributed by atoms with E-state index in [1.54, 1.807) is 19.1 Å². The van der Waals surface area contributed by atoms with Gasteiger partial charge in [0.15, 0.2) is 17.4 Å². The van der Waals surface area contributed by atoms with E-state index in [-0.39, 0.29) is 23.6 Å². The molecule has 1 fully saturated rings. The molecule has 3 aromatic rings. The molecule has 1 N–H and O–H groups in total. The third-order valence-corrected chi connectivity index (χ3v) is 6.09. The minimum absolute atomic E-state index is 0.0665. The molecule has 1 aromatic carbocycles. The number of benzene rings is 1. The molecule has 2 atom stereocenters. The quantitative estimate of drug-likeness (QED) is 0.471. The van der Waals surface area contributed by atoms with E-state index in [1.165, 1.54) is 45.6 Å². The summed E-state index contributed by atoms with van der Waals surface area (Å²) in [6.45, 7) is 3.24. The Bertz CT molecular complexity index is 1260. The molecule has 1 aliphatic carbocycles. The second-order valence-electron chi connectivity index (χ2n) is 9.11. The molecule has 2 unspecified atom stereocenters. The first kappa shape index (κ1) is 25.5. The number of carboxylic acid groups (broad SMARTS) is 1. The van der Waals surface area contributed by atoms with Crippen LogP contribution in [0.15, 0.2) is 30.6 Å². The highest BCUT2D eigenvalue weighted by Crippen LogP contribution is 2.38. The lowest BCUT2D eigenvalue weighted by molar-refractivity contribution is -0.141. The summed E-state index contributed by atoms with van der Waals surface area (Å²) in [7, 11) is 1.44. The van der Waals surface area contributed by atoms with Gasteiger partial charge in [-0.15, -0.1) is 0 Å². The Hall–Kier alpha value is -3.62. The van der Waals surface area contributed by atoms with Crippen LogP contribution in [0.4, 0.5) is 8.78 Å². The van der Waals surface area contributed by atoms with Crippen molar-refractivity contribution in [2.45, 2.75) is 58.5 Å². The monoisotopic (exact) mass is 497 g/mol. The average Bonchev–Trinajstić information content (AvgIpc) is 3.76. The molecule has 0 saturated heterocycles. The molecule has 1 aliphatic heterocycles. The van der Waals surface area contributed by atoms with Gasteiger partial charge >= 0.3 is 5.97 Å². The van der Waals surface area contributed by atoms with Crippen molar-refractivity contribution < 1.29 is 28.2 Å². The Kier molecular flexibility index (Phi) is 7.76. The first-order valence-corrected chi connectivity index (χ1v) is 12.0. The molecule has 2 aromatic heterocycles. The van der Waals surface area contributed by atoms with Crippen LogP contribution in [0, 0.1) is 24.5 Å². The van der Waals surface area contributed by atoms with Crippen molar-refractivity contribution >= 4 is 5.97 Å². The average molecular weight is 498 g/mol. The number of pyridine rings is 1. The highest BCUT2D eigenvalue weighted by Gasteiger charge is 2.28. The highest BCUT2D eigenvalue weighted by atomic mass is 19.1. The van der Waals surface area contributed by atoms with Crippen LogP contribution in [0.3, 0.4) is 0 Å². The minimum atomic E-state index is -0.986. The Morgan fingerprint density at radius 3 is 2.61 bits per heavy atom. The molecular weight excluding hydrogens is 468 g/mol. The molecular formula is C27H29F2N3O4. The zero-order chi connectivity index (χ0) is 25.8. The molecule has 190 valence electrons. The van der Waals surface area contributed by atoms with E-state index in [0.717, 1.165) is 11.8 Å². The number of carbonyl (C=O) groups is 1. The van der Waals surface area contributed by atoms with Crippen LogP contribution >= 0.6 is 0 Å². The summed E-state index contributed by atoms with van der Waals surface area (Å²) in [5.74, 6) is -2.42. The van der Waals surface area contributed by atoms with Crippen molar-refractivity contribution in [2.24, 2.45) is 5.92 Å². The SMILES string of the molecule is C1CC1.COc1cc(-c2ncc(C3CCc4ccc(CC(C)C(=O)O)c(F)c4O3)nc2C)c(F)cn1. The number of fused-ring (bicyclic) bond motifs is 1. The molecule has 2 aliphatic rings. The van der Waals surface area contributed by atoms with Gasteiger partial charge in [-0.1, -0.05) is 38.3 Å². The molecule has 7 nitrogen and oxygen atoms in total. The van der Waals surface area contributed by atoms with Crippen LogP contribution in [-0.2, 0) is 17.6 Å². The number of aromatic nitrogens is 3. The van der Waals surface area contributed by atoms with Gasteiger partial charge in [0, 0.05) is 11.6 Å². The third-order valence-electron chi connectivity index (χ3n) is 6.09. The van der Waals surface area contributed by atoms with Crippen LogP contribution in [-0.4, -0.2) is 33.1 Å². The van der Waals surface area contributed by atoms with Crippen LogP contribution in [0.5, 0.6) is 11.6 Å². The molecule has 0 amide bonds. The number of ether oxygens (including phenoxy) is 2. The van der Waals surface area contributed by atoms with Gasteiger partial charge < -0.3 is 14.6 Å². The molecule has 3 heterocycles. The van der Waals surface area contributed by atoms with Gasteiger partial charge in [-0.05, 0) is 37.3 Å². The van der Waals surface area contributed by atoms with Crippen LogP contribution in [0.1, 0.15) is 61.2 Å². The third kappa shape index (κ3) is 5.78. The molecule has 9 heteroatoms. The molecule has 1 saturated carbocycles. The van der Waals surface area contributed by atoms with E-state index in [1.807, 2.05) is 0 Å². The van der Waals surface area contributed by atoms with E-state index in [9.17, 15) is 9.18 Å². The first-order chi connectivity index (χ1) is 17.3. The number of aryl methyl sites for hydroxylation is 2. The predicted octanol–water partition coefficient (Wildman–Crippen LogP) is 5.63. The number of aliphatic carboxylic acids is 1. The van der Waals surface area contributed by atoms with Crippen molar-refractivity contribution in [3.8, 4) is 22.9 Å². The first-order valence-electron chi connectivity index (χ1n) is 12.0. The van der Waals surface area contributed by atoms with Crippen LogP contribution < -0.4 is 9.47 Å². The van der Waals surface area contributed by atoms with Crippen molar-refractivity contribution in [1.82, 2.24) is 15.0 Å². The summed E-state index contributed by atoms with van der Waals surface area (Å²) in [5, 5.41) is 9.14. The Morgan fingerprint density at radius 2 is 1.97 bits per heavy atom. The maximum absolute atomic E-state index is 15.1. The smallest absolute Gasteiger partial charge is 0.306 e. The molecule has 5 rings (SSSR count). The van der Waals surface area contributed by atoms with E-state index in [2.05, 4.69) is 15.0 Å². The second kappa shape index (κ2) is 11.0. The number of carboxylic acids is 1. The van der Waals surface area contributed by atoms with Gasteiger partial charge in [0.05, 0.1) is 42.5 Å². The second-order valence-corrected chi connectivity index (χ2v) is 9.11. The van der Waals surface area contributed by atoms with Crippen LogP contribution in [0.25, 0.3) is 11.3 Å². The lowest BCUT2D eigenvalue weighted by Gasteiger charge is -2.27. The van der Waals surface area contributed by atoms with Crippen molar-refractivity contribution in [1.29, 1.82) is 0 Å². The number of rotatable bonds is 6. The van der Waals surface area contributed by atoms with Crippen molar-refractivity contribution in [2.75, 3.05) is 7.11 Å². The fourth-order valence-electron chi connectivity index (χ4n) is 3.86. The van der Waals surface area contributed by atoms with Gasteiger partial charge in [-0.2, -0.15) is 0 Å². The molecule has 0 radical (unpaired) electrons. The lowest BCUT2D eigenvalue weighted by atomic mass is 9.95. The van der Waals surface area contributed by atoms with Gasteiger partial charge in [-0.25, -0.2) is 13.8 Å². The lowest BCUT2D eigenvalue weighted by Crippen LogP contribution is -2.19. The summed E-state index contributed by atoms with van der Waals surface area (Å²) in [6.07, 6.45) is 7.74. The maximum atomic E-state index is 15.1. The van der Waals surface area contributed by atoms with Gasteiger partial charge in [0.1, 0.15) is 6.10 Å². The Labute approximate surface area is 208 Å². The predicted molar refractivity (Wildman–Crippen MR) is 129 cm³/mol. The molecule has 36 heavy (non-hydrogen) atoms.